The van der Waals surface area contributed by atoms with Gasteiger partial charge in [0, 0.05) is 23.1 Å². The number of pyridine rings is 1. The van der Waals surface area contributed by atoms with E-state index >= 15 is 0 Å². The van der Waals surface area contributed by atoms with Gasteiger partial charge in [-0.2, -0.15) is 0 Å². The third kappa shape index (κ3) is 4.46. The van der Waals surface area contributed by atoms with E-state index in [0.29, 0.717) is 16.9 Å². The van der Waals surface area contributed by atoms with Crippen molar-refractivity contribution in [2.75, 3.05) is 11.1 Å². The molecule has 2 aromatic carbocycles. The number of aromatic nitrogens is 3. The number of nitrogens with two attached hydrogens (primary N) is 1. The highest BCUT2D eigenvalue weighted by molar-refractivity contribution is 6.04. The van der Waals surface area contributed by atoms with E-state index in [1.54, 1.807) is 19.9 Å². The van der Waals surface area contributed by atoms with Crippen LogP contribution in [0.3, 0.4) is 0 Å². The number of nitrogen functional groups attached to an aromatic ring is 1. The summed E-state index contributed by atoms with van der Waals surface area (Å²) >= 11 is 0. The molecule has 0 aliphatic rings. The van der Waals surface area contributed by atoms with Gasteiger partial charge in [0.25, 0.3) is 11.5 Å². The highest BCUT2D eigenvalue weighted by Crippen LogP contribution is 2.28. The molecular weight excluding hydrogens is 444 g/mol. The van der Waals surface area contributed by atoms with Crippen LogP contribution in [0.4, 0.5) is 20.3 Å². The highest BCUT2D eigenvalue weighted by Gasteiger charge is 2.17. The third-order valence-electron chi connectivity index (χ3n) is 5.08. The molecule has 0 aliphatic carbocycles. The number of carbonyl (C=O) groups is 1. The number of halogens is 2. The van der Waals surface area contributed by atoms with Crippen LogP contribution in [0.25, 0.3) is 5.69 Å². The summed E-state index contributed by atoms with van der Waals surface area (Å²) in [5, 5.41) is 2.51. The second-order valence-corrected chi connectivity index (χ2v) is 7.40. The Morgan fingerprint density at radius 2 is 1.76 bits per heavy atom. The summed E-state index contributed by atoms with van der Waals surface area (Å²) in [6.07, 6.45) is 1.20. The molecule has 8 nitrogen and oxygen atoms in total. The first-order valence-electron chi connectivity index (χ1n) is 10.1. The molecule has 172 valence electrons. The van der Waals surface area contributed by atoms with Crippen molar-refractivity contribution in [3.8, 4) is 17.3 Å². The van der Waals surface area contributed by atoms with Crippen molar-refractivity contribution >= 4 is 17.4 Å². The number of aryl methyl sites for hydroxylation is 1. The quantitative estimate of drug-likeness (QED) is 0.460. The molecule has 0 radical (unpaired) electrons. The lowest BCUT2D eigenvalue weighted by atomic mass is 10.2. The number of carbonyl (C=O) groups excluding carboxylic acids is 1. The van der Waals surface area contributed by atoms with E-state index in [1.807, 2.05) is 0 Å². The Bertz CT molecular complexity index is 1450. The fraction of sp³-hybridized carbons (Fsp3) is 0.0833. The van der Waals surface area contributed by atoms with E-state index in [2.05, 4.69) is 15.3 Å². The van der Waals surface area contributed by atoms with Crippen molar-refractivity contribution < 1.29 is 18.3 Å². The first-order chi connectivity index (χ1) is 16.2. The summed E-state index contributed by atoms with van der Waals surface area (Å²) in [7, 11) is 0. The predicted molar refractivity (Wildman–Crippen MR) is 122 cm³/mol. The van der Waals surface area contributed by atoms with E-state index in [4.69, 9.17) is 10.5 Å². The van der Waals surface area contributed by atoms with E-state index in [9.17, 15) is 18.4 Å². The molecule has 0 bridgehead atoms. The predicted octanol–water partition coefficient (Wildman–Crippen LogP) is 4.15. The van der Waals surface area contributed by atoms with Crippen molar-refractivity contribution in [1.29, 1.82) is 0 Å². The fourth-order valence-corrected chi connectivity index (χ4v) is 3.23. The minimum atomic E-state index is -0.762. The highest BCUT2D eigenvalue weighted by atomic mass is 19.1. The lowest BCUT2D eigenvalue weighted by Gasteiger charge is -2.13. The van der Waals surface area contributed by atoms with Crippen LogP contribution < -0.4 is 21.3 Å². The lowest BCUT2D eigenvalue weighted by molar-refractivity contribution is 0.102. The zero-order chi connectivity index (χ0) is 24.4. The number of nitrogens with zero attached hydrogens (tertiary/aromatic N) is 3. The zero-order valence-electron chi connectivity index (χ0n) is 18.2. The molecular formula is C24H19F2N5O3. The van der Waals surface area contributed by atoms with Gasteiger partial charge >= 0.3 is 0 Å². The number of hydrogen-bond donors (Lipinski definition) is 2. The summed E-state index contributed by atoms with van der Waals surface area (Å²) in [6.45, 7) is 3.32. The topological polar surface area (TPSA) is 112 Å². The van der Waals surface area contributed by atoms with E-state index in [0.717, 1.165) is 6.07 Å². The first kappa shape index (κ1) is 22.6. The maximum atomic E-state index is 14.6. The molecule has 10 heteroatoms. The summed E-state index contributed by atoms with van der Waals surface area (Å²) in [5.41, 5.74) is 6.48. The molecule has 4 aromatic rings. The second-order valence-electron chi connectivity index (χ2n) is 7.40. The number of ether oxygens (including phenoxy) is 1. The van der Waals surface area contributed by atoms with Gasteiger partial charge < -0.3 is 15.8 Å². The van der Waals surface area contributed by atoms with Gasteiger partial charge in [-0.25, -0.2) is 18.7 Å². The van der Waals surface area contributed by atoms with Crippen LogP contribution in [0.15, 0.2) is 65.7 Å². The van der Waals surface area contributed by atoms with Gasteiger partial charge in [-0.05, 0) is 62.4 Å². The molecule has 0 saturated heterocycles. The van der Waals surface area contributed by atoms with Crippen LogP contribution in [0, 0.1) is 25.5 Å². The van der Waals surface area contributed by atoms with Crippen LogP contribution in [-0.4, -0.2) is 20.4 Å². The molecule has 3 N–H and O–H groups in total. The molecule has 0 atom stereocenters. The Kier molecular flexibility index (Phi) is 6.05. The standard InChI is InChI=1S/C24H19F2N5O3/c1-13-3-9-18(24(33)31(13)17-7-4-15(25)5-8-17)22(32)30-16-6-10-20(19(26)11-16)34-23-14(2)21(27)28-12-29-23/h3-12H,1-2H3,(H,30,32)(H2,27,28,29). The Morgan fingerprint density at radius 1 is 1.03 bits per heavy atom. The molecule has 0 unspecified atom stereocenters. The average molecular weight is 463 g/mol. The smallest absolute Gasteiger partial charge is 0.268 e. The van der Waals surface area contributed by atoms with Crippen molar-refractivity contribution in [1.82, 2.24) is 14.5 Å². The summed E-state index contributed by atoms with van der Waals surface area (Å²) in [4.78, 5) is 33.5. The first-order valence-corrected chi connectivity index (χ1v) is 10.1. The number of benzene rings is 2. The van der Waals surface area contributed by atoms with Gasteiger partial charge in [-0.1, -0.05) is 0 Å². The molecule has 0 aliphatic heterocycles. The second kappa shape index (κ2) is 9.10. The lowest BCUT2D eigenvalue weighted by Crippen LogP contribution is -2.29. The molecule has 1 amide bonds. The van der Waals surface area contributed by atoms with Crippen LogP contribution in [-0.2, 0) is 0 Å². The molecule has 0 spiro atoms. The van der Waals surface area contributed by atoms with E-state index < -0.39 is 23.1 Å². The molecule has 0 saturated carbocycles. The van der Waals surface area contributed by atoms with Crippen LogP contribution in [0.2, 0.25) is 0 Å². The molecule has 2 heterocycles. The molecule has 4 rings (SSSR count). The largest absolute Gasteiger partial charge is 0.435 e. The van der Waals surface area contributed by atoms with Gasteiger partial charge in [-0.15, -0.1) is 0 Å². The van der Waals surface area contributed by atoms with Gasteiger partial charge in [-0.3, -0.25) is 14.2 Å². The SMILES string of the molecule is Cc1c(N)ncnc1Oc1ccc(NC(=O)c2ccc(C)n(-c3ccc(F)cc3)c2=O)cc1F. The zero-order valence-corrected chi connectivity index (χ0v) is 18.2. The van der Waals surface area contributed by atoms with Crippen molar-refractivity contribution in [2.45, 2.75) is 13.8 Å². The average Bonchev–Trinajstić information content (AvgIpc) is 2.80. The molecule has 2 aromatic heterocycles. The van der Waals surface area contributed by atoms with Crippen molar-refractivity contribution in [2.24, 2.45) is 0 Å². The summed E-state index contributed by atoms with van der Waals surface area (Å²) in [5.74, 6) is -1.76. The maximum Gasteiger partial charge on any atom is 0.268 e. The normalized spacial score (nSPS) is 10.7. The third-order valence-corrected chi connectivity index (χ3v) is 5.08. The van der Waals surface area contributed by atoms with Gasteiger partial charge in [0.2, 0.25) is 5.88 Å². The Hall–Kier alpha value is -4.60. The van der Waals surface area contributed by atoms with E-state index in [-0.39, 0.29) is 28.7 Å². The number of anilines is 2. The Morgan fingerprint density at radius 3 is 2.47 bits per heavy atom. The van der Waals surface area contributed by atoms with Crippen LogP contribution in [0.1, 0.15) is 21.6 Å². The van der Waals surface area contributed by atoms with Crippen molar-refractivity contribution in [3.63, 3.8) is 0 Å². The maximum absolute atomic E-state index is 14.6. The van der Waals surface area contributed by atoms with Gasteiger partial charge in [0.1, 0.15) is 23.5 Å². The monoisotopic (exact) mass is 463 g/mol. The minimum absolute atomic E-state index is 0.101. The fourth-order valence-electron chi connectivity index (χ4n) is 3.23. The molecule has 34 heavy (non-hydrogen) atoms. The number of rotatable bonds is 5. The summed E-state index contributed by atoms with van der Waals surface area (Å²) in [6, 6.07) is 12.1. The Labute approximate surface area is 192 Å². The number of nitrogens with one attached hydrogen (secondary N) is 1. The van der Waals surface area contributed by atoms with Gasteiger partial charge in [0.05, 0.1) is 5.56 Å². The summed E-state index contributed by atoms with van der Waals surface area (Å²) < 4.78 is 34.7. The minimum Gasteiger partial charge on any atom is -0.435 e. The number of amides is 1. The Balaban J connectivity index is 1.58. The van der Waals surface area contributed by atoms with E-state index in [1.165, 1.54) is 53.4 Å². The molecule has 0 fully saturated rings. The van der Waals surface area contributed by atoms with Crippen LogP contribution in [0.5, 0.6) is 11.6 Å². The van der Waals surface area contributed by atoms with Gasteiger partial charge in [0.15, 0.2) is 11.6 Å². The van der Waals surface area contributed by atoms with Crippen molar-refractivity contribution in [3.05, 3.63) is 99.7 Å². The number of hydrogen-bond acceptors (Lipinski definition) is 6. The van der Waals surface area contributed by atoms with Crippen LogP contribution >= 0.6 is 0 Å².